The van der Waals surface area contributed by atoms with E-state index in [0.717, 1.165) is 0 Å². The smallest absolute Gasteiger partial charge is 0.306 e. The van der Waals surface area contributed by atoms with Crippen LogP contribution in [0.15, 0.2) is 0 Å². The first-order valence-electron chi connectivity index (χ1n) is 10.1. The van der Waals surface area contributed by atoms with E-state index in [1.807, 2.05) is 0 Å². The van der Waals surface area contributed by atoms with Crippen molar-refractivity contribution in [2.45, 2.75) is 12.8 Å². The van der Waals surface area contributed by atoms with Gasteiger partial charge in [0.2, 0.25) is 0 Å². The van der Waals surface area contributed by atoms with Gasteiger partial charge in [0, 0.05) is 0 Å². The van der Waals surface area contributed by atoms with Gasteiger partial charge < -0.3 is 18.4 Å². The SMILES string of the molecule is [2H]C([2H])(OC(=O)CCC(=O)OC([2H])([2H])C([2H])([2H])[N+](C)(C)C)C([2H])([2H])[N+](C)(C)C. The van der Waals surface area contributed by atoms with Crippen LogP contribution in [0.5, 0.6) is 0 Å². The Labute approximate surface area is 133 Å². The van der Waals surface area contributed by atoms with Gasteiger partial charge in [-0.15, -0.1) is 0 Å². The Morgan fingerprint density at radius 3 is 1.35 bits per heavy atom. The minimum atomic E-state index is -2.98. The highest BCUT2D eigenvalue weighted by Crippen LogP contribution is 1.98. The van der Waals surface area contributed by atoms with E-state index in [0.29, 0.717) is 0 Å². The first-order chi connectivity index (χ1) is 12.0. The van der Waals surface area contributed by atoms with Crippen LogP contribution in [-0.4, -0.2) is 89.3 Å². The number of hydrogen-bond acceptors (Lipinski definition) is 4. The zero-order valence-corrected chi connectivity index (χ0v) is 12.9. The monoisotopic (exact) mass is 298 g/mol. The lowest BCUT2D eigenvalue weighted by atomic mass is 10.3. The molecule has 0 rings (SSSR count). The molecule has 0 radical (unpaired) electrons. The van der Waals surface area contributed by atoms with Gasteiger partial charge in [-0.25, -0.2) is 0 Å². The third kappa shape index (κ3) is 13.3. The summed E-state index contributed by atoms with van der Waals surface area (Å²) in [6, 6.07) is 0. The topological polar surface area (TPSA) is 52.6 Å². The third-order valence-corrected chi connectivity index (χ3v) is 1.63. The average molecular weight is 298 g/mol. The van der Waals surface area contributed by atoms with Crippen LogP contribution in [0.1, 0.15) is 23.8 Å². The first kappa shape index (κ1) is 9.00. The van der Waals surface area contributed by atoms with E-state index >= 15 is 0 Å². The van der Waals surface area contributed by atoms with Crippen LogP contribution in [0.3, 0.4) is 0 Å². The van der Waals surface area contributed by atoms with Gasteiger partial charge in [-0.1, -0.05) is 0 Å². The summed E-state index contributed by atoms with van der Waals surface area (Å²) >= 11 is 0. The molecule has 20 heavy (non-hydrogen) atoms. The van der Waals surface area contributed by atoms with Gasteiger partial charge in [-0.05, 0) is 0 Å². The number of nitrogens with zero attached hydrogens (tertiary/aromatic N) is 2. The predicted molar refractivity (Wildman–Crippen MR) is 77.0 cm³/mol. The molecule has 118 valence electrons. The fourth-order valence-corrected chi connectivity index (χ4v) is 0.740. The first-order valence-corrected chi connectivity index (χ1v) is 6.06. The summed E-state index contributed by atoms with van der Waals surface area (Å²) in [6.07, 6.45) is -1.37. The molecule has 0 heterocycles. The van der Waals surface area contributed by atoms with Crippen LogP contribution in [-0.2, 0) is 19.1 Å². The van der Waals surface area contributed by atoms with E-state index in [-0.39, 0.29) is 0 Å². The molecule has 0 aromatic rings. The fourth-order valence-electron chi connectivity index (χ4n) is 0.740. The average Bonchev–Trinajstić information content (AvgIpc) is 2.41. The second kappa shape index (κ2) is 8.21. The standard InChI is InChI=1S/C14H30N2O4/c1-15(2,3)9-11-19-13(17)7-8-14(18)20-12-10-16(4,5)6/h7-12H2,1-6H3/q+2/i9D2,10D2,11D2,12D2. The molecule has 0 spiro atoms. The van der Waals surface area contributed by atoms with E-state index in [2.05, 4.69) is 9.47 Å². The molecule has 6 nitrogen and oxygen atoms in total. The molecular weight excluding hydrogens is 260 g/mol. The van der Waals surface area contributed by atoms with Gasteiger partial charge in [0.1, 0.15) is 26.1 Å². The van der Waals surface area contributed by atoms with Crippen LogP contribution in [0.4, 0.5) is 0 Å². The van der Waals surface area contributed by atoms with Crippen molar-refractivity contribution in [2.24, 2.45) is 0 Å². The minimum Gasteiger partial charge on any atom is -0.460 e. The second-order valence-electron chi connectivity index (χ2n) is 5.90. The quantitative estimate of drug-likeness (QED) is 0.453. The third-order valence-electron chi connectivity index (χ3n) is 1.63. The van der Waals surface area contributed by atoms with Crippen LogP contribution in [0.25, 0.3) is 0 Å². The highest BCUT2D eigenvalue weighted by molar-refractivity contribution is 5.77. The number of likely N-dealkylation sites (N-methyl/N-ethyl adjacent to an activating group) is 2. The van der Waals surface area contributed by atoms with E-state index < -0.39 is 59.9 Å². The summed E-state index contributed by atoms with van der Waals surface area (Å²) in [4.78, 5) is 23.7. The molecule has 0 aliphatic heterocycles. The van der Waals surface area contributed by atoms with Crippen molar-refractivity contribution in [3.05, 3.63) is 0 Å². The largest absolute Gasteiger partial charge is 0.460 e. The van der Waals surface area contributed by atoms with Crippen LogP contribution < -0.4 is 0 Å². The zero-order chi connectivity index (χ0) is 23.0. The molecule has 0 amide bonds. The number of carbonyl (C=O) groups is 2. The Kier molecular flexibility index (Phi) is 3.69. The molecule has 0 aliphatic carbocycles. The van der Waals surface area contributed by atoms with Crippen LogP contribution in [0, 0.1) is 0 Å². The van der Waals surface area contributed by atoms with Gasteiger partial charge >= 0.3 is 11.9 Å². The molecule has 0 bridgehead atoms. The van der Waals surface area contributed by atoms with Crippen molar-refractivity contribution in [3.63, 3.8) is 0 Å². The second-order valence-corrected chi connectivity index (χ2v) is 5.90. The van der Waals surface area contributed by atoms with Gasteiger partial charge in [0.05, 0.1) is 66.1 Å². The number of quaternary nitrogens is 2. The van der Waals surface area contributed by atoms with Crippen molar-refractivity contribution in [2.75, 3.05) is 68.4 Å². The van der Waals surface area contributed by atoms with Crippen LogP contribution in [0.2, 0.25) is 0 Å². The predicted octanol–water partition coefficient (Wildman–Crippen LogP) is 0.265. The summed E-state index contributed by atoms with van der Waals surface area (Å²) in [6.45, 7) is -11.1. The number of ether oxygens (including phenoxy) is 2. The summed E-state index contributed by atoms with van der Waals surface area (Å²) in [5.74, 6) is -2.43. The lowest BCUT2D eigenvalue weighted by molar-refractivity contribution is -0.870. The Morgan fingerprint density at radius 2 is 1.10 bits per heavy atom. The summed E-state index contributed by atoms with van der Waals surface area (Å²) in [7, 11) is 8.29. The molecule has 0 aliphatic rings. The van der Waals surface area contributed by atoms with Crippen molar-refractivity contribution >= 4 is 11.9 Å². The molecule has 0 saturated heterocycles. The van der Waals surface area contributed by atoms with Crippen molar-refractivity contribution in [1.82, 2.24) is 0 Å². The maximum atomic E-state index is 11.8. The molecule has 0 aromatic heterocycles. The Balaban J connectivity index is 4.96. The van der Waals surface area contributed by atoms with E-state index in [1.54, 1.807) is 0 Å². The van der Waals surface area contributed by atoms with Gasteiger partial charge in [-0.2, -0.15) is 0 Å². The molecule has 0 atom stereocenters. The Hall–Kier alpha value is -1.14. The molecular formula is C14H30N2O4+2. The minimum absolute atomic E-state index is 0.490. The zero-order valence-electron chi connectivity index (χ0n) is 20.9. The maximum absolute atomic E-state index is 11.8. The van der Waals surface area contributed by atoms with Crippen molar-refractivity contribution < 1.29 is 39.0 Å². The number of carbonyl (C=O) groups excluding carboxylic acids is 2. The van der Waals surface area contributed by atoms with E-state index in [4.69, 9.17) is 11.0 Å². The lowest BCUT2D eigenvalue weighted by Gasteiger charge is -2.23. The van der Waals surface area contributed by atoms with Crippen molar-refractivity contribution in [3.8, 4) is 0 Å². The van der Waals surface area contributed by atoms with Gasteiger partial charge in [0.15, 0.2) is 0 Å². The highest BCUT2D eigenvalue weighted by atomic mass is 16.5. The Morgan fingerprint density at radius 1 is 0.800 bits per heavy atom. The van der Waals surface area contributed by atoms with Gasteiger partial charge in [0.25, 0.3) is 0 Å². The lowest BCUT2D eigenvalue weighted by Crippen LogP contribution is -2.38. The van der Waals surface area contributed by atoms with Gasteiger partial charge in [-0.3, -0.25) is 9.59 Å². The summed E-state index contributed by atoms with van der Waals surface area (Å²) in [5, 5.41) is 0. The number of esters is 2. The van der Waals surface area contributed by atoms with Crippen LogP contribution >= 0.6 is 0 Å². The normalized spacial score (nSPS) is 20.9. The van der Waals surface area contributed by atoms with Crippen molar-refractivity contribution in [1.29, 1.82) is 0 Å². The maximum Gasteiger partial charge on any atom is 0.306 e. The molecule has 0 N–H and O–H groups in total. The summed E-state index contributed by atoms with van der Waals surface area (Å²) < 4.78 is 70.3. The molecule has 0 aromatic carbocycles. The molecule has 0 saturated carbocycles. The molecule has 0 fully saturated rings. The fraction of sp³-hybridized carbons (Fsp3) is 0.857. The highest BCUT2D eigenvalue weighted by Gasteiger charge is 2.13. The molecule has 0 unspecified atom stereocenters. The number of hydrogen-bond donors (Lipinski definition) is 0. The number of rotatable bonds is 9. The van der Waals surface area contributed by atoms with E-state index in [1.165, 1.54) is 42.3 Å². The Bertz CT molecular complexity index is 545. The molecule has 6 heteroatoms. The van der Waals surface area contributed by atoms with E-state index in [9.17, 15) is 9.59 Å². The summed E-state index contributed by atoms with van der Waals surface area (Å²) in [5.41, 5.74) is 0.